The summed E-state index contributed by atoms with van der Waals surface area (Å²) in [5.41, 5.74) is 6.28. The van der Waals surface area contributed by atoms with E-state index < -0.39 is 5.54 Å². The number of pyridine rings is 1. The van der Waals surface area contributed by atoms with E-state index in [1.165, 1.54) is 0 Å². The van der Waals surface area contributed by atoms with E-state index in [-0.39, 0.29) is 5.91 Å². The zero-order valence-corrected chi connectivity index (χ0v) is 10.7. The maximum Gasteiger partial charge on any atom is 0.245 e. The summed E-state index contributed by atoms with van der Waals surface area (Å²) in [6.45, 7) is 0. The first kappa shape index (κ1) is 12.1. The van der Waals surface area contributed by atoms with Crippen molar-refractivity contribution in [3.8, 4) is 0 Å². The van der Waals surface area contributed by atoms with E-state index in [1.54, 1.807) is 0 Å². The minimum atomic E-state index is -0.715. The monoisotopic (exact) mass is 255 g/mol. The van der Waals surface area contributed by atoms with Crippen LogP contribution in [-0.2, 0) is 4.79 Å². The molecule has 1 aromatic carbocycles. The number of benzene rings is 1. The Morgan fingerprint density at radius 2 is 1.89 bits per heavy atom. The lowest BCUT2D eigenvalue weighted by atomic mass is 9.98. The Morgan fingerprint density at radius 3 is 2.68 bits per heavy atom. The van der Waals surface area contributed by atoms with Gasteiger partial charge in [-0.1, -0.05) is 31.0 Å². The highest BCUT2D eigenvalue weighted by atomic mass is 16.2. The number of amides is 1. The molecule has 1 heterocycles. The topological polar surface area (TPSA) is 68.0 Å². The van der Waals surface area contributed by atoms with Crippen LogP contribution in [0.25, 0.3) is 10.9 Å². The number of nitrogens with zero attached hydrogens (tertiary/aromatic N) is 1. The van der Waals surface area contributed by atoms with Crippen molar-refractivity contribution in [2.45, 2.75) is 31.2 Å². The molecule has 0 radical (unpaired) electrons. The Hall–Kier alpha value is -1.94. The van der Waals surface area contributed by atoms with Crippen molar-refractivity contribution in [3.05, 3.63) is 36.4 Å². The van der Waals surface area contributed by atoms with Crippen LogP contribution in [0.2, 0.25) is 0 Å². The van der Waals surface area contributed by atoms with Gasteiger partial charge >= 0.3 is 0 Å². The van der Waals surface area contributed by atoms with Gasteiger partial charge in [-0.25, -0.2) is 4.98 Å². The summed E-state index contributed by atoms with van der Waals surface area (Å²) in [4.78, 5) is 16.6. The van der Waals surface area contributed by atoms with Crippen molar-refractivity contribution in [2.24, 2.45) is 5.73 Å². The molecular weight excluding hydrogens is 238 g/mol. The fourth-order valence-electron chi connectivity index (χ4n) is 2.61. The molecule has 0 spiro atoms. The van der Waals surface area contributed by atoms with Gasteiger partial charge in [-0.15, -0.1) is 0 Å². The van der Waals surface area contributed by atoms with Crippen molar-refractivity contribution in [3.63, 3.8) is 0 Å². The summed E-state index contributed by atoms with van der Waals surface area (Å²) in [5.74, 6) is 0.452. The standard InChI is InChI=1S/C15H17N3O/c16-15(9-3-4-10-15)14(19)18-13-8-7-11-5-1-2-6-12(11)17-13/h1-2,5-8H,3-4,9-10,16H2,(H,17,18,19). The lowest BCUT2D eigenvalue weighted by molar-refractivity contribution is -0.121. The van der Waals surface area contributed by atoms with Gasteiger partial charge in [-0.3, -0.25) is 4.79 Å². The number of nitrogens with one attached hydrogen (secondary N) is 1. The van der Waals surface area contributed by atoms with Crippen LogP contribution in [-0.4, -0.2) is 16.4 Å². The zero-order chi connectivity index (χ0) is 13.3. The third kappa shape index (κ3) is 2.31. The van der Waals surface area contributed by atoms with Crippen LogP contribution < -0.4 is 11.1 Å². The van der Waals surface area contributed by atoms with E-state index in [4.69, 9.17) is 5.73 Å². The van der Waals surface area contributed by atoms with Crippen LogP contribution in [0.3, 0.4) is 0 Å². The Kier molecular flexibility index (Phi) is 2.95. The molecule has 4 nitrogen and oxygen atoms in total. The summed E-state index contributed by atoms with van der Waals surface area (Å²) in [5, 5.41) is 3.90. The summed E-state index contributed by atoms with van der Waals surface area (Å²) in [6.07, 6.45) is 3.56. The molecule has 3 rings (SSSR count). The number of carbonyl (C=O) groups is 1. The molecule has 0 saturated heterocycles. The molecule has 98 valence electrons. The van der Waals surface area contributed by atoms with Crippen molar-refractivity contribution in [2.75, 3.05) is 5.32 Å². The van der Waals surface area contributed by atoms with Gasteiger partial charge in [0.1, 0.15) is 5.82 Å². The molecule has 3 N–H and O–H groups in total. The summed E-state index contributed by atoms with van der Waals surface area (Å²) in [7, 11) is 0. The Balaban J connectivity index is 1.83. The first-order valence-electron chi connectivity index (χ1n) is 6.64. The molecule has 2 aromatic rings. The van der Waals surface area contributed by atoms with Crippen molar-refractivity contribution < 1.29 is 4.79 Å². The Labute approximate surface area is 112 Å². The molecule has 0 atom stereocenters. The molecule has 0 bridgehead atoms. The van der Waals surface area contributed by atoms with E-state index in [9.17, 15) is 4.79 Å². The molecule has 1 aromatic heterocycles. The van der Waals surface area contributed by atoms with E-state index in [0.717, 1.165) is 36.6 Å². The van der Waals surface area contributed by atoms with E-state index in [1.807, 2.05) is 36.4 Å². The molecular formula is C15H17N3O. The fourth-order valence-corrected chi connectivity index (χ4v) is 2.61. The highest BCUT2D eigenvalue weighted by Crippen LogP contribution is 2.28. The lowest BCUT2D eigenvalue weighted by Crippen LogP contribution is -2.48. The maximum absolute atomic E-state index is 12.2. The van der Waals surface area contributed by atoms with Gasteiger partial charge in [-0.05, 0) is 31.0 Å². The highest BCUT2D eigenvalue weighted by molar-refractivity contribution is 5.98. The van der Waals surface area contributed by atoms with Crippen LogP contribution in [0, 0.1) is 0 Å². The number of rotatable bonds is 2. The van der Waals surface area contributed by atoms with Crippen molar-refractivity contribution in [1.82, 2.24) is 4.98 Å². The zero-order valence-electron chi connectivity index (χ0n) is 10.7. The number of hydrogen-bond donors (Lipinski definition) is 2. The number of para-hydroxylation sites is 1. The smallest absolute Gasteiger partial charge is 0.245 e. The first-order valence-corrected chi connectivity index (χ1v) is 6.64. The Morgan fingerprint density at radius 1 is 1.16 bits per heavy atom. The van der Waals surface area contributed by atoms with Gasteiger partial charge in [0.25, 0.3) is 0 Å². The van der Waals surface area contributed by atoms with Crippen LogP contribution in [0.4, 0.5) is 5.82 Å². The third-order valence-corrected chi connectivity index (χ3v) is 3.79. The molecule has 4 heteroatoms. The lowest BCUT2D eigenvalue weighted by Gasteiger charge is -2.21. The molecule has 1 aliphatic rings. The minimum absolute atomic E-state index is 0.118. The van der Waals surface area contributed by atoms with Gasteiger partial charge in [0.05, 0.1) is 11.1 Å². The van der Waals surface area contributed by atoms with Crippen LogP contribution in [0.1, 0.15) is 25.7 Å². The molecule has 1 aliphatic carbocycles. The van der Waals surface area contributed by atoms with Crippen LogP contribution in [0.15, 0.2) is 36.4 Å². The number of anilines is 1. The molecule has 1 fully saturated rings. The summed E-state index contributed by atoms with van der Waals surface area (Å²) >= 11 is 0. The van der Waals surface area contributed by atoms with E-state index in [0.29, 0.717) is 5.82 Å². The number of aromatic nitrogens is 1. The second-order valence-corrected chi connectivity index (χ2v) is 5.21. The molecule has 1 amide bonds. The van der Waals surface area contributed by atoms with Crippen molar-refractivity contribution >= 4 is 22.6 Å². The number of nitrogens with two attached hydrogens (primary N) is 1. The van der Waals surface area contributed by atoms with Gasteiger partial charge < -0.3 is 11.1 Å². The van der Waals surface area contributed by atoms with Gasteiger partial charge in [0, 0.05) is 5.39 Å². The highest BCUT2D eigenvalue weighted by Gasteiger charge is 2.37. The van der Waals surface area contributed by atoms with E-state index >= 15 is 0 Å². The summed E-state index contributed by atoms with van der Waals surface area (Å²) in [6, 6.07) is 11.6. The fraction of sp³-hybridized carbons (Fsp3) is 0.333. The molecule has 1 saturated carbocycles. The average Bonchev–Trinajstić information content (AvgIpc) is 2.87. The average molecular weight is 255 g/mol. The molecule has 0 aliphatic heterocycles. The largest absolute Gasteiger partial charge is 0.317 e. The number of carbonyl (C=O) groups excluding carboxylic acids is 1. The first-order chi connectivity index (χ1) is 9.17. The molecule has 19 heavy (non-hydrogen) atoms. The quantitative estimate of drug-likeness (QED) is 0.866. The predicted molar refractivity (Wildman–Crippen MR) is 75.8 cm³/mol. The minimum Gasteiger partial charge on any atom is -0.317 e. The van der Waals surface area contributed by atoms with E-state index in [2.05, 4.69) is 10.3 Å². The predicted octanol–water partition coefficient (Wildman–Crippen LogP) is 2.44. The van der Waals surface area contributed by atoms with Gasteiger partial charge in [0.15, 0.2) is 0 Å². The third-order valence-electron chi connectivity index (χ3n) is 3.79. The molecule has 0 unspecified atom stereocenters. The van der Waals surface area contributed by atoms with Crippen molar-refractivity contribution in [1.29, 1.82) is 0 Å². The van der Waals surface area contributed by atoms with Gasteiger partial charge in [-0.2, -0.15) is 0 Å². The van der Waals surface area contributed by atoms with Gasteiger partial charge in [0.2, 0.25) is 5.91 Å². The number of fused-ring (bicyclic) bond motifs is 1. The summed E-state index contributed by atoms with van der Waals surface area (Å²) < 4.78 is 0. The maximum atomic E-state index is 12.2. The Bertz CT molecular complexity index is 618. The normalized spacial score (nSPS) is 17.5. The second-order valence-electron chi connectivity index (χ2n) is 5.21. The number of hydrogen-bond acceptors (Lipinski definition) is 3. The SMILES string of the molecule is NC1(C(=O)Nc2ccc3ccccc3n2)CCCC1. The second kappa shape index (κ2) is 4.63. The van der Waals surface area contributed by atoms with Crippen LogP contribution in [0.5, 0.6) is 0 Å². The van der Waals surface area contributed by atoms with Crippen LogP contribution >= 0.6 is 0 Å².